The van der Waals surface area contributed by atoms with Gasteiger partial charge in [-0.1, -0.05) is 41.1 Å². The number of nitrogens with one attached hydrogen (secondary N) is 1. The molecule has 0 aliphatic carbocycles. The number of hydrogen-bond acceptors (Lipinski definition) is 8. The van der Waals surface area contributed by atoms with Crippen molar-refractivity contribution in [1.29, 1.82) is 0 Å². The minimum Gasteiger partial charge on any atom is -0.493 e. The van der Waals surface area contributed by atoms with E-state index in [1.807, 2.05) is 18.2 Å². The van der Waals surface area contributed by atoms with Crippen molar-refractivity contribution in [3.8, 4) is 27.8 Å². The lowest BCUT2D eigenvalue weighted by molar-refractivity contribution is -0.122. The van der Waals surface area contributed by atoms with Crippen molar-refractivity contribution < 1.29 is 23.8 Å². The highest BCUT2D eigenvalue weighted by molar-refractivity contribution is 7.18. The summed E-state index contributed by atoms with van der Waals surface area (Å²) in [5, 5.41) is 12.4. The van der Waals surface area contributed by atoms with Gasteiger partial charge in [-0.2, -0.15) is 0 Å². The zero-order valence-electron chi connectivity index (χ0n) is 18.1. The number of methoxy groups -OCH3 is 3. The van der Waals surface area contributed by atoms with Gasteiger partial charge < -0.3 is 24.4 Å². The predicted octanol–water partition coefficient (Wildman–Crippen LogP) is 3.88. The summed E-state index contributed by atoms with van der Waals surface area (Å²) in [4.78, 5) is 27.1. The van der Waals surface area contributed by atoms with Gasteiger partial charge in [0, 0.05) is 30.7 Å². The summed E-state index contributed by atoms with van der Waals surface area (Å²) in [6, 6.07) is 10.6. The van der Waals surface area contributed by atoms with Gasteiger partial charge >= 0.3 is 0 Å². The van der Waals surface area contributed by atoms with E-state index in [0.717, 1.165) is 5.56 Å². The number of ether oxygens (including phenoxy) is 3. The lowest BCUT2D eigenvalue weighted by Crippen LogP contribution is -2.28. The topological polar surface area (TPSA) is 103 Å². The van der Waals surface area contributed by atoms with E-state index in [-0.39, 0.29) is 24.8 Å². The van der Waals surface area contributed by atoms with E-state index in [1.54, 1.807) is 18.2 Å². The minimum absolute atomic E-state index is 0.0681. The van der Waals surface area contributed by atoms with Crippen molar-refractivity contribution >= 4 is 45.6 Å². The Balaban J connectivity index is 1.49. The molecule has 1 aliphatic heterocycles. The van der Waals surface area contributed by atoms with Gasteiger partial charge in [0.05, 0.1) is 38.0 Å². The number of rotatable bonds is 7. The molecule has 9 nitrogen and oxygen atoms in total. The largest absolute Gasteiger partial charge is 0.493 e. The molecule has 1 fully saturated rings. The first-order valence-corrected chi connectivity index (χ1v) is 11.1. The van der Waals surface area contributed by atoms with Gasteiger partial charge in [0.1, 0.15) is 0 Å². The predicted molar refractivity (Wildman–Crippen MR) is 126 cm³/mol. The Hall–Kier alpha value is -3.37. The van der Waals surface area contributed by atoms with Crippen LogP contribution in [0.3, 0.4) is 0 Å². The fraction of sp³-hybridized carbons (Fsp3) is 0.273. The van der Waals surface area contributed by atoms with Gasteiger partial charge in [-0.25, -0.2) is 0 Å². The van der Waals surface area contributed by atoms with Crippen LogP contribution in [0.25, 0.3) is 10.6 Å². The number of aromatic nitrogens is 2. The van der Waals surface area contributed by atoms with Crippen molar-refractivity contribution in [2.24, 2.45) is 5.92 Å². The molecule has 2 heterocycles. The van der Waals surface area contributed by atoms with Gasteiger partial charge in [0.15, 0.2) is 16.5 Å². The molecule has 1 saturated heterocycles. The summed E-state index contributed by atoms with van der Waals surface area (Å²) < 4.78 is 16.1. The zero-order valence-corrected chi connectivity index (χ0v) is 19.7. The summed E-state index contributed by atoms with van der Waals surface area (Å²) in [7, 11) is 4.51. The molecule has 11 heteroatoms. The number of nitrogens with zero attached hydrogens (tertiary/aromatic N) is 3. The summed E-state index contributed by atoms with van der Waals surface area (Å²) in [5.41, 5.74) is 1.29. The number of carbonyl (C=O) groups excluding carboxylic acids is 2. The Morgan fingerprint density at radius 2 is 1.82 bits per heavy atom. The molecule has 1 atom stereocenters. The zero-order chi connectivity index (χ0) is 23.5. The Bertz CT molecular complexity index is 1180. The molecule has 2 amide bonds. The maximum Gasteiger partial charge on any atom is 0.231 e. The highest BCUT2D eigenvalue weighted by Crippen LogP contribution is 2.42. The molecule has 3 aromatic rings. The van der Waals surface area contributed by atoms with E-state index in [4.69, 9.17) is 25.8 Å². The number of hydrogen-bond donors (Lipinski definition) is 1. The van der Waals surface area contributed by atoms with Crippen LogP contribution in [-0.2, 0) is 9.59 Å². The van der Waals surface area contributed by atoms with Crippen LogP contribution in [0.2, 0.25) is 5.02 Å². The molecule has 0 spiro atoms. The average Bonchev–Trinajstić information content (AvgIpc) is 3.45. The van der Waals surface area contributed by atoms with Crippen LogP contribution in [0, 0.1) is 5.92 Å². The van der Waals surface area contributed by atoms with Gasteiger partial charge in [0.25, 0.3) is 0 Å². The Morgan fingerprint density at radius 3 is 2.45 bits per heavy atom. The number of amides is 2. The smallest absolute Gasteiger partial charge is 0.231 e. The number of halogens is 1. The first-order chi connectivity index (χ1) is 15.9. The van der Waals surface area contributed by atoms with Crippen LogP contribution in [0.1, 0.15) is 6.42 Å². The van der Waals surface area contributed by atoms with Crippen molar-refractivity contribution in [2.75, 3.05) is 38.1 Å². The molecule has 172 valence electrons. The molecule has 1 N–H and O–H groups in total. The van der Waals surface area contributed by atoms with Crippen molar-refractivity contribution in [2.45, 2.75) is 6.42 Å². The molecule has 4 rings (SSSR count). The van der Waals surface area contributed by atoms with E-state index in [1.165, 1.54) is 37.6 Å². The minimum atomic E-state index is -0.552. The number of anilines is 2. The molecule has 0 radical (unpaired) electrons. The number of benzene rings is 2. The van der Waals surface area contributed by atoms with Crippen LogP contribution in [0.15, 0.2) is 36.4 Å². The fourth-order valence-electron chi connectivity index (χ4n) is 3.58. The van der Waals surface area contributed by atoms with E-state index in [2.05, 4.69) is 15.5 Å². The lowest BCUT2D eigenvalue weighted by atomic mass is 10.1. The van der Waals surface area contributed by atoms with Gasteiger partial charge in [-0.3, -0.25) is 9.59 Å². The standard InChI is InChI=1S/C22H21ClN4O5S/c1-30-16-9-13(10-17(31-2)19(16)32-3)27-11-12(8-18(27)28)20(29)24-22-26-25-21(33-22)14-6-4-5-7-15(14)23/h4-7,9-10,12H,8,11H2,1-3H3,(H,24,26,29). The average molecular weight is 489 g/mol. The normalized spacial score (nSPS) is 15.5. The van der Waals surface area contributed by atoms with E-state index < -0.39 is 5.92 Å². The molecule has 1 unspecified atom stereocenters. The maximum absolute atomic E-state index is 12.8. The molecule has 1 aliphatic rings. The molecule has 2 aromatic carbocycles. The Morgan fingerprint density at radius 1 is 1.12 bits per heavy atom. The van der Waals surface area contributed by atoms with Crippen LogP contribution in [0.5, 0.6) is 17.2 Å². The molecule has 0 saturated carbocycles. The maximum atomic E-state index is 12.8. The lowest BCUT2D eigenvalue weighted by Gasteiger charge is -2.20. The fourth-order valence-corrected chi connectivity index (χ4v) is 4.65. The summed E-state index contributed by atoms with van der Waals surface area (Å²) in [6.07, 6.45) is 0.0681. The molecular formula is C22H21ClN4O5S. The Kier molecular flexibility index (Phi) is 6.66. The summed E-state index contributed by atoms with van der Waals surface area (Å²) in [5.74, 6) is 0.236. The van der Waals surface area contributed by atoms with Gasteiger partial charge in [0.2, 0.25) is 22.7 Å². The van der Waals surface area contributed by atoms with Crippen LogP contribution >= 0.6 is 22.9 Å². The van der Waals surface area contributed by atoms with E-state index in [9.17, 15) is 9.59 Å². The van der Waals surface area contributed by atoms with Crippen LogP contribution in [0.4, 0.5) is 10.8 Å². The highest BCUT2D eigenvalue weighted by atomic mass is 35.5. The van der Waals surface area contributed by atoms with Crippen molar-refractivity contribution in [1.82, 2.24) is 10.2 Å². The van der Waals surface area contributed by atoms with Crippen molar-refractivity contribution in [3.63, 3.8) is 0 Å². The number of carbonyl (C=O) groups is 2. The summed E-state index contributed by atoms with van der Waals surface area (Å²) in [6.45, 7) is 0.208. The second kappa shape index (κ2) is 9.63. The first kappa shape index (κ1) is 22.8. The van der Waals surface area contributed by atoms with Crippen LogP contribution in [-0.4, -0.2) is 49.9 Å². The van der Waals surface area contributed by atoms with Gasteiger partial charge in [-0.15, -0.1) is 10.2 Å². The second-order valence-electron chi connectivity index (χ2n) is 7.17. The third-order valence-corrected chi connectivity index (χ3v) is 6.42. The first-order valence-electron chi connectivity index (χ1n) is 9.94. The van der Waals surface area contributed by atoms with E-state index in [0.29, 0.717) is 38.1 Å². The van der Waals surface area contributed by atoms with Crippen LogP contribution < -0.4 is 24.4 Å². The molecule has 0 bridgehead atoms. The molecule has 33 heavy (non-hydrogen) atoms. The monoisotopic (exact) mass is 488 g/mol. The third kappa shape index (κ3) is 4.57. The molecular weight excluding hydrogens is 468 g/mol. The Labute approximate surface area is 199 Å². The highest BCUT2D eigenvalue weighted by Gasteiger charge is 2.36. The SMILES string of the molecule is COc1cc(N2CC(C(=O)Nc3nnc(-c4ccccc4Cl)s3)CC2=O)cc(OC)c1OC. The quantitative estimate of drug-likeness (QED) is 0.538. The van der Waals surface area contributed by atoms with Crippen molar-refractivity contribution in [3.05, 3.63) is 41.4 Å². The second-order valence-corrected chi connectivity index (χ2v) is 8.56. The summed E-state index contributed by atoms with van der Waals surface area (Å²) >= 11 is 7.43. The van der Waals surface area contributed by atoms with Gasteiger partial charge in [-0.05, 0) is 6.07 Å². The third-order valence-electron chi connectivity index (χ3n) is 5.22. The molecule has 1 aromatic heterocycles. The van der Waals surface area contributed by atoms with E-state index >= 15 is 0 Å².